The summed E-state index contributed by atoms with van der Waals surface area (Å²) < 4.78 is 10.3. The van der Waals surface area contributed by atoms with Gasteiger partial charge in [0.2, 0.25) is 6.29 Å². The van der Waals surface area contributed by atoms with E-state index in [0.717, 1.165) is 51.4 Å². The number of carboxylic acid groups (broad SMARTS) is 1. The number of hydrogen-bond acceptors (Lipinski definition) is 9. The van der Waals surface area contributed by atoms with Gasteiger partial charge in [-0.25, -0.2) is 4.79 Å². The van der Waals surface area contributed by atoms with Crippen LogP contribution in [0.3, 0.4) is 0 Å². The number of esters is 1. The van der Waals surface area contributed by atoms with Crippen molar-refractivity contribution in [1.29, 1.82) is 0 Å². The molecule has 0 radical (unpaired) electrons. The van der Waals surface area contributed by atoms with Crippen molar-refractivity contribution >= 4 is 11.9 Å². The average molecular weight is 569 g/mol. The number of ether oxygens (including phenoxy) is 2. The molecule has 0 bridgehead atoms. The normalized spacial score (nSPS) is 51.2. The summed E-state index contributed by atoms with van der Waals surface area (Å²) in [5.41, 5.74) is 0.243. The number of aliphatic hydroxyl groups excluding tert-OH is 5. The van der Waals surface area contributed by atoms with Crippen LogP contribution >= 0.6 is 0 Å². The fourth-order valence-corrected chi connectivity index (χ4v) is 10.1. The molecule has 5 fully saturated rings. The van der Waals surface area contributed by atoms with E-state index in [4.69, 9.17) is 9.47 Å². The molecule has 40 heavy (non-hydrogen) atoms. The van der Waals surface area contributed by atoms with Crippen LogP contribution in [0.4, 0.5) is 0 Å². The number of carbonyl (C=O) groups is 2. The van der Waals surface area contributed by atoms with Crippen molar-refractivity contribution < 1.29 is 49.7 Å². The summed E-state index contributed by atoms with van der Waals surface area (Å²) in [4.78, 5) is 24.0. The molecule has 0 aromatic heterocycles. The molecule has 6 N–H and O–H groups in total. The van der Waals surface area contributed by atoms with Gasteiger partial charge in [-0.1, -0.05) is 20.8 Å². The molecule has 0 amide bonds. The van der Waals surface area contributed by atoms with Crippen LogP contribution in [0.15, 0.2) is 0 Å². The minimum absolute atomic E-state index is 0.0537. The van der Waals surface area contributed by atoms with Crippen LogP contribution in [0.1, 0.15) is 85.0 Å². The van der Waals surface area contributed by atoms with Gasteiger partial charge < -0.3 is 40.1 Å². The molecular weight excluding hydrogens is 520 g/mol. The van der Waals surface area contributed by atoms with Crippen molar-refractivity contribution in [3.63, 3.8) is 0 Å². The Bertz CT molecular complexity index is 959. The Balaban J connectivity index is 1.20. The molecule has 10 heteroatoms. The Labute approximate surface area is 236 Å². The third-order valence-electron chi connectivity index (χ3n) is 12.3. The average Bonchev–Trinajstić information content (AvgIpc) is 3.25. The summed E-state index contributed by atoms with van der Waals surface area (Å²) in [5, 5.41) is 60.9. The lowest BCUT2D eigenvalue weighted by Crippen LogP contribution is -2.60. The first kappa shape index (κ1) is 30.2. The fourth-order valence-electron chi connectivity index (χ4n) is 10.1. The van der Waals surface area contributed by atoms with Gasteiger partial charge in [-0.15, -0.1) is 0 Å². The highest BCUT2D eigenvalue weighted by atomic mass is 16.7. The first-order chi connectivity index (χ1) is 18.8. The molecule has 5 unspecified atom stereocenters. The van der Waals surface area contributed by atoms with E-state index < -0.39 is 42.6 Å². The van der Waals surface area contributed by atoms with Crippen LogP contribution in [0.5, 0.6) is 0 Å². The summed E-state index contributed by atoms with van der Waals surface area (Å²) in [6.07, 6.45) is -1.15. The minimum Gasteiger partial charge on any atom is -0.479 e. The van der Waals surface area contributed by atoms with Crippen molar-refractivity contribution in [3.05, 3.63) is 0 Å². The number of carboxylic acids is 1. The number of aliphatic hydroxyl groups is 5. The van der Waals surface area contributed by atoms with Gasteiger partial charge in [0, 0.05) is 6.42 Å². The van der Waals surface area contributed by atoms with Crippen molar-refractivity contribution in [2.75, 3.05) is 0 Å². The molecule has 228 valence electrons. The van der Waals surface area contributed by atoms with E-state index in [1.807, 2.05) is 0 Å². The predicted molar refractivity (Wildman–Crippen MR) is 141 cm³/mol. The highest BCUT2D eigenvalue weighted by molar-refractivity contribution is 5.73. The zero-order valence-electron chi connectivity index (χ0n) is 23.9. The van der Waals surface area contributed by atoms with Gasteiger partial charge in [-0.3, -0.25) is 4.79 Å². The molecule has 10 nitrogen and oxygen atoms in total. The summed E-state index contributed by atoms with van der Waals surface area (Å²) in [5.74, 6) is -0.0366. The fraction of sp³-hybridized carbons (Fsp3) is 0.933. The predicted octanol–water partition coefficient (Wildman–Crippen LogP) is 1.83. The third kappa shape index (κ3) is 5.00. The van der Waals surface area contributed by atoms with E-state index in [-0.39, 0.29) is 41.3 Å². The van der Waals surface area contributed by atoms with Gasteiger partial charge in [-0.2, -0.15) is 0 Å². The van der Waals surface area contributed by atoms with Crippen LogP contribution in [-0.4, -0.2) is 85.5 Å². The Kier molecular flexibility index (Phi) is 8.36. The van der Waals surface area contributed by atoms with Crippen LogP contribution in [0, 0.1) is 46.3 Å². The maximum atomic E-state index is 12.7. The van der Waals surface area contributed by atoms with Gasteiger partial charge in [0.1, 0.15) is 18.3 Å². The third-order valence-corrected chi connectivity index (χ3v) is 12.3. The minimum atomic E-state index is -1.84. The molecule has 4 saturated carbocycles. The first-order valence-corrected chi connectivity index (χ1v) is 15.3. The monoisotopic (exact) mass is 568 g/mol. The quantitative estimate of drug-likeness (QED) is 0.259. The molecule has 1 saturated heterocycles. The van der Waals surface area contributed by atoms with E-state index in [1.54, 1.807) is 0 Å². The number of fused-ring (bicyclic) bond motifs is 5. The summed E-state index contributed by atoms with van der Waals surface area (Å²) in [6.45, 7) is 6.93. The maximum Gasteiger partial charge on any atom is 0.335 e. The van der Waals surface area contributed by atoms with Gasteiger partial charge in [0.25, 0.3) is 0 Å². The molecule has 1 aliphatic heterocycles. The van der Waals surface area contributed by atoms with E-state index in [9.17, 15) is 40.2 Å². The number of aliphatic carboxylic acids is 1. The second-order valence-corrected chi connectivity index (χ2v) is 14.2. The van der Waals surface area contributed by atoms with Crippen molar-refractivity contribution in [1.82, 2.24) is 0 Å². The summed E-state index contributed by atoms with van der Waals surface area (Å²) in [6, 6.07) is 0. The summed E-state index contributed by atoms with van der Waals surface area (Å²) in [7, 11) is 0. The molecule has 0 aromatic carbocycles. The lowest BCUT2D eigenvalue weighted by Gasteiger charge is -2.62. The Morgan fingerprint density at radius 2 is 1.57 bits per heavy atom. The zero-order chi connectivity index (χ0) is 29.1. The van der Waals surface area contributed by atoms with Gasteiger partial charge in [0.15, 0.2) is 6.10 Å². The highest BCUT2D eigenvalue weighted by Crippen LogP contribution is 2.68. The van der Waals surface area contributed by atoms with Crippen LogP contribution < -0.4 is 0 Å². The van der Waals surface area contributed by atoms with Crippen LogP contribution in [-0.2, 0) is 19.1 Å². The topological polar surface area (TPSA) is 174 Å². The Morgan fingerprint density at radius 3 is 2.27 bits per heavy atom. The second kappa shape index (κ2) is 11.1. The van der Waals surface area contributed by atoms with E-state index in [0.29, 0.717) is 30.1 Å². The van der Waals surface area contributed by atoms with E-state index >= 15 is 0 Å². The van der Waals surface area contributed by atoms with Gasteiger partial charge in [-0.05, 0) is 104 Å². The molecule has 0 aromatic rings. The molecule has 0 spiro atoms. The largest absolute Gasteiger partial charge is 0.479 e. The zero-order valence-corrected chi connectivity index (χ0v) is 23.9. The lowest BCUT2D eigenvalue weighted by molar-refractivity contribution is -0.286. The highest BCUT2D eigenvalue weighted by Gasteiger charge is 2.63. The van der Waals surface area contributed by atoms with Crippen LogP contribution in [0.25, 0.3) is 0 Å². The molecule has 15 atom stereocenters. The SMILES string of the molecule is C[C@@H](CCC(=O)OC1OC(C(=O)O)C(O)C(O)C1O)[C@@H]1CC[C@@H]2[C@H]3[C@H](O)C[C@H]4C[C@@H](O)CC[C@@]4(C)[C@@H]3CC[C@]21C. The second-order valence-electron chi connectivity index (χ2n) is 14.2. The van der Waals surface area contributed by atoms with Gasteiger partial charge >= 0.3 is 11.9 Å². The van der Waals surface area contributed by atoms with E-state index in [2.05, 4.69) is 20.8 Å². The lowest BCUT2D eigenvalue weighted by atomic mass is 9.43. The number of hydrogen-bond donors (Lipinski definition) is 6. The Morgan fingerprint density at radius 1 is 0.900 bits per heavy atom. The number of rotatable bonds is 6. The molecular formula is C30H48O10. The number of carbonyl (C=O) groups excluding carboxylic acids is 1. The standard InChI is InChI=1S/C30H48O10/c1-14(4-7-21(33)39-28-25(36)23(34)24(35)26(40-28)27(37)38)17-5-6-18-22-19(9-11-30(17,18)3)29(2)10-8-16(31)12-15(29)13-20(22)32/h14-20,22-26,28,31-32,34-36H,4-13H2,1-3H3,(H,37,38)/t14-,15+,16-,17-,18+,19+,20+,22+,23?,24?,25?,26?,28?,29+,30-/m0/s1. The molecule has 1 heterocycles. The molecule has 5 aliphatic rings. The first-order valence-electron chi connectivity index (χ1n) is 15.3. The van der Waals surface area contributed by atoms with E-state index in [1.165, 1.54) is 0 Å². The van der Waals surface area contributed by atoms with Crippen molar-refractivity contribution in [2.24, 2.45) is 46.3 Å². The summed E-state index contributed by atoms with van der Waals surface area (Å²) >= 11 is 0. The maximum absolute atomic E-state index is 12.7. The van der Waals surface area contributed by atoms with Crippen LogP contribution in [0.2, 0.25) is 0 Å². The van der Waals surface area contributed by atoms with Crippen molar-refractivity contribution in [3.8, 4) is 0 Å². The molecule has 4 aliphatic carbocycles. The Hall–Kier alpha value is -1.30. The smallest absolute Gasteiger partial charge is 0.335 e. The van der Waals surface area contributed by atoms with Crippen molar-refractivity contribution in [2.45, 2.75) is 128 Å². The van der Waals surface area contributed by atoms with Gasteiger partial charge in [0.05, 0.1) is 12.2 Å². The molecule has 5 rings (SSSR count).